The van der Waals surface area contributed by atoms with E-state index in [0.29, 0.717) is 6.08 Å². The molecule has 0 heterocycles. The summed E-state index contributed by atoms with van der Waals surface area (Å²) in [5.41, 5.74) is -1.68. The molecule has 80 valence electrons. The number of halogens is 4. The van der Waals surface area contributed by atoms with Gasteiger partial charge in [0.25, 0.3) is 0 Å². The molecule has 0 aromatic heterocycles. The van der Waals surface area contributed by atoms with Crippen LogP contribution in [0.4, 0.5) is 17.6 Å². The smallest absolute Gasteiger partial charge is 0.298 e. The van der Waals surface area contributed by atoms with E-state index in [1.165, 1.54) is 12.1 Å². The van der Waals surface area contributed by atoms with Gasteiger partial charge in [0.2, 0.25) is 0 Å². The van der Waals surface area contributed by atoms with Crippen LogP contribution in [0, 0.1) is 5.82 Å². The van der Waals surface area contributed by atoms with E-state index in [1.54, 1.807) is 0 Å². The molecule has 0 saturated heterocycles. The van der Waals surface area contributed by atoms with Gasteiger partial charge in [-0.1, -0.05) is 18.2 Å². The molecule has 1 nitrogen and oxygen atoms in total. The van der Waals surface area contributed by atoms with Crippen molar-refractivity contribution in [3.8, 4) is 0 Å². The maximum absolute atomic E-state index is 12.9. The quantitative estimate of drug-likeness (QED) is 0.423. The van der Waals surface area contributed by atoms with Crippen molar-refractivity contribution in [3.05, 3.63) is 41.2 Å². The van der Waals surface area contributed by atoms with Crippen molar-refractivity contribution in [1.82, 2.24) is 0 Å². The van der Waals surface area contributed by atoms with Crippen LogP contribution in [0.25, 0.3) is 6.08 Å². The molecule has 0 bridgehead atoms. The van der Waals surface area contributed by atoms with Crippen LogP contribution in [0.2, 0.25) is 0 Å². The van der Waals surface area contributed by atoms with E-state index < -0.39 is 17.6 Å². The van der Waals surface area contributed by atoms with Crippen molar-refractivity contribution in [2.24, 2.45) is 0 Å². The van der Waals surface area contributed by atoms with E-state index >= 15 is 0 Å². The number of allylic oxidation sites excluding steroid dienone is 1. The van der Waals surface area contributed by atoms with E-state index in [2.05, 4.69) is 0 Å². The standard InChI is InChI=1S/C10H6F4O/c11-9-4-2-1-3-7(9)5-8(6-15)10(12,13)14/h1-6H/b8-5+. The lowest BCUT2D eigenvalue weighted by Gasteiger charge is -2.05. The molecule has 15 heavy (non-hydrogen) atoms. The summed E-state index contributed by atoms with van der Waals surface area (Å²) in [5, 5.41) is 0. The Hall–Kier alpha value is -1.65. The van der Waals surface area contributed by atoms with Crippen LogP contribution < -0.4 is 0 Å². The number of carbonyl (C=O) groups excluding carboxylic acids is 1. The highest BCUT2D eigenvalue weighted by Crippen LogP contribution is 2.26. The first-order valence-electron chi connectivity index (χ1n) is 3.94. The van der Waals surface area contributed by atoms with Crippen LogP contribution in [0.5, 0.6) is 0 Å². The maximum atomic E-state index is 12.9. The van der Waals surface area contributed by atoms with Crippen molar-refractivity contribution in [1.29, 1.82) is 0 Å². The van der Waals surface area contributed by atoms with Crippen molar-refractivity contribution in [2.45, 2.75) is 6.18 Å². The Morgan fingerprint density at radius 1 is 1.20 bits per heavy atom. The Morgan fingerprint density at radius 3 is 2.27 bits per heavy atom. The first kappa shape index (κ1) is 11.4. The molecule has 0 aliphatic rings. The van der Waals surface area contributed by atoms with Crippen molar-refractivity contribution >= 4 is 12.4 Å². The summed E-state index contributed by atoms with van der Waals surface area (Å²) in [7, 11) is 0. The minimum Gasteiger partial charge on any atom is -0.298 e. The summed E-state index contributed by atoms with van der Waals surface area (Å²) in [5.74, 6) is -0.805. The Kier molecular flexibility index (Phi) is 3.24. The monoisotopic (exact) mass is 218 g/mol. The van der Waals surface area contributed by atoms with Gasteiger partial charge in [-0.3, -0.25) is 4.79 Å². The highest BCUT2D eigenvalue weighted by Gasteiger charge is 2.33. The van der Waals surface area contributed by atoms with E-state index in [0.717, 1.165) is 12.1 Å². The zero-order valence-electron chi connectivity index (χ0n) is 7.38. The molecule has 1 aromatic rings. The second-order valence-electron chi connectivity index (χ2n) is 2.74. The number of benzene rings is 1. The molecule has 1 rings (SSSR count). The molecule has 0 fully saturated rings. The Bertz CT molecular complexity index is 393. The molecule has 0 radical (unpaired) electrons. The fourth-order valence-electron chi connectivity index (χ4n) is 0.942. The number of hydrogen-bond donors (Lipinski definition) is 0. The minimum absolute atomic E-state index is 0.267. The third kappa shape index (κ3) is 2.90. The first-order chi connectivity index (χ1) is 6.95. The number of alkyl halides is 3. The summed E-state index contributed by atoms with van der Waals surface area (Å²) >= 11 is 0. The molecule has 0 aliphatic heterocycles. The first-order valence-corrected chi connectivity index (χ1v) is 3.94. The van der Waals surface area contributed by atoms with Gasteiger partial charge in [-0.2, -0.15) is 13.2 Å². The fourth-order valence-corrected chi connectivity index (χ4v) is 0.942. The molecule has 0 spiro atoms. The average molecular weight is 218 g/mol. The topological polar surface area (TPSA) is 17.1 Å². The minimum atomic E-state index is -4.76. The predicted octanol–water partition coefficient (Wildman–Crippen LogP) is 2.97. The van der Waals surface area contributed by atoms with E-state index in [-0.39, 0.29) is 11.8 Å². The number of carbonyl (C=O) groups is 1. The van der Waals surface area contributed by atoms with Crippen LogP contribution in [0.1, 0.15) is 5.56 Å². The number of aldehydes is 1. The molecule has 1 aromatic carbocycles. The van der Waals surface area contributed by atoms with Gasteiger partial charge in [0.1, 0.15) is 5.82 Å². The molecule has 0 atom stereocenters. The van der Waals surface area contributed by atoms with Crippen LogP contribution in [0.15, 0.2) is 29.8 Å². The zero-order valence-corrected chi connectivity index (χ0v) is 7.38. The van der Waals surface area contributed by atoms with Gasteiger partial charge in [-0.25, -0.2) is 4.39 Å². The van der Waals surface area contributed by atoms with Gasteiger partial charge < -0.3 is 0 Å². The zero-order chi connectivity index (χ0) is 11.5. The van der Waals surface area contributed by atoms with Crippen LogP contribution in [-0.2, 0) is 4.79 Å². The third-order valence-electron chi connectivity index (χ3n) is 1.67. The van der Waals surface area contributed by atoms with Crippen LogP contribution in [-0.4, -0.2) is 12.5 Å². The van der Waals surface area contributed by atoms with Gasteiger partial charge in [0, 0.05) is 5.56 Å². The second-order valence-corrected chi connectivity index (χ2v) is 2.74. The molecule has 0 saturated carbocycles. The largest absolute Gasteiger partial charge is 0.419 e. The van der Waals surface area contributed by atoms with Crippen molar-refractivity contribution < 1.29 is 22.4 Å². The van der Waals surface area contributed by atoms with Gasteiger partial charge in [0.15, 0.2) is 6.29 Å². The molecule has 0 aliphatic carbocycles. The maximum Gasteiger partial charge on any atom is 0.419 e. The third-order valence-corrected chi connectivity index (χ3v) is 1.67. The highest BCUT2D eigenvalue weighted by atomic mass is 19.4. The van der Waals surface area contributed by atoms with Gasteiger partial charge in [-0.05, 0) is 12.1 Å². The van der Waals surface area contributed by atoms with Crippen molar-refractivity contribution in [2.75, 3.05) is 0 Å². The van der Waals surface area contributed by atoms with Gasteiger partial charge >= 0.3 is 6.18 Å². The molecular formula is C10H6F4O. The summed E-state index contributed by atoms with van der Waals surface area (Å²) in [6.07, 6.45) is -4.63. The second kappa shape index (κ2) is 4.25. The molecular weight excluding hydrogens is 212 g/mol. The summed E-state index contributed by atoms with van der Waals surface area (Å²) < 4.78 is 49.3. The molecule has 0 N–H and O–H groups in total. The van der Waals surface area contributed by atoms with E-state index in [9.17, 15) is 22.4 Å². The molecule has 5 heteroatoms. The van der Waals surface area contributed by atoms with Crippen molar-refractivity contribution in [3.63, 3.8) is 0 Å². The summed E-state index contributed by atoms with van der Waals surface area (Å²) in [4.78, 5) is 10.2. The average Bonchev–Trinajstić information content (AvgIpc) is 2.14. The lowest BCUT2D eigenvalue weighted by molar-refractivity contribution is -0.118. The number of hydrogen-bond acceptors (Lipinski definition) is 1. The van der Waals surface area contributed by atoms with Crippen LogP contribution >= 0.6 is 0 Å². The Morgan fingerprint density at radius 2 is 1.80 bits per heavy atom. The van der Waals surface area contributed by atoms with Crippen LogP contribution in [0.3, 0.4) is 0 Å². The van der Waals surface area contributed by atoms with E-state index in [1.807, 2.05) is 0 Å². The highest BCUT2D eigenvalue weighted by molar-refractivity contribution is 5.83. The SMILES string of the molecule is O=C/C(=C\c1ccccc1F)C(F)(F)F. The fraction of sp³-hybridized carbons (Fsp3) is 0.100. The molecule has 0 unspecified atom stereocenters. The normalized spacial score (nSPS) is 12.7. The lowest BCUT2D eigenvalue weighted by atomic mass is 10.1. The Labute approximate surface area is 83.0 Å². The number of rotatable bonds is 2. The van der Waals surface area contributed by atoms with E-state index in [4.69, 9.17) is 0 Å². The van der Waals surface area contributed by atoms with Gasteiger partial charge in [-0.15, -0.1) is 0 Å². The summed E-state index contributed by atoms with van der Waals surface area (Å²) in [6, 6.07) is 4.91. The summed E-state index contributed by atoms with van der Waals surface area (Å²) in [6.45, 7) is 0. The predicted molar refractivity (Wildman–Crippen MR) is 46.5 cm³/mol. The molecule has 0 amide bonds. The lowest BCUT2D eigenvalue weighted by Crippen LogP contribution is -2.12. The van der Waals surface area contributed by atoms with Gasteiger partial charge in [0.05, 0.1) is 5.57 Å². The Balaban J connectivity index is 3.15.